The molecule has 6 rings (SSSR count). The van der Waals surface area contributed by atoms with Gasteiger partial charge >= 0.3 is 0 Å². The summed E-state index contributed by atoms with van der Waals surface area (Å²) >= 11 is 0. The fraction of sp³-hybridized carbons (Fsp3) is 0.571. The highest BCUT2D eigenvalue weighted by Gasteiger charge is 2.29. The maximum atomic E-state index is 5.64. The molecule has 5 heterocycles. The van der Waals surface area contributed by atoms with Gasteiger partial charge in [0.25, 0.3) is 0 Å². The van der Waals surface area contributed by atoms with E-state index in [9.17, 15) is 0 Å². The Balaban J connectivity index is 1.40. The molecule has 9 nitrogen and oxygen atoms in total. The molecule has 0 bridgehead atoms. The minimum atomic E-state index is 0.234. The number of aryl methyl sites for hydroxylation is 2. The van der Waals surface area contributed by atoms with Crippen molar-refractivity contribution in [2.45, 2.75) is 52.5 Å². The monoisotopic (exact) mass is 502 g/mol. The lowest BCUT2D eigenvalue weighted by atomic mass is 9.90. The van der Waals surface area contributed by atoms with Gasteiger partial charge in [0, 0.05) is 32.1 Å². The van der Waals surface area contributed by atoms with Gasteiger partial charge in [-0.05, 0) is 71.7 Å². The van der Waals surface area contributed by atoms with Crippen molar-refractivity contribution in [1.82, 2.24) is 34.0 Å². The summed E-state index contributed by atoms with van der Waals surface area (Å²) in [7, 11) is 2.10. The van der Waals surface area contributed by atoms with Crippen LogP contribution in [0.2, 0.25) is 0 Å². The normalized spacial score (nSPS) is 18.4. The summed E-state index contributed by atoms with van der Waals surface area (Å²) in [6.45, 7) is 14.2. The fourth-order valence-electron chi connectivity index (χ4n) is 5.82. The first-order valence-corrected chi connectivity index (χ1v) is 13.5. The van der Waals surface area contributed by atoms with Gasteiger partial charge in [-0.25, -0.2) is 9.97 Å². The van der Waals surface area contributed by atoms with Crippen LogP contribution in [0.1, 0.15) is 45.3 Å². The molecular weight excluding hydrogens is 464 g/mol. The Kier molecular flexibility index (Phi) is 6.15. The van der Waals surface area contributed by atoms with Crippen LogP contribution in [0, 0.1) is 12.8 Å². The summed E-state index contributed by atoms with van der Waals surface area (Å²) in [5.74, 6) is 4.14. The Morgan fingerprint density at radius 1 is 0.946 bits per heavy atom. The number of anilines is 1. The third kappa shape index (κ3) is 4.48. The Morgan fingerprint density at radius 2 is 1.68 bits per heavy atom. The predicted octanol–water partition coefficient (Wildman–Crippen LogP) is 3.90. The van der Waals surface area contributed by atoms with Crippen molar-refractivity contribution in [2.24, 2.45) is 13.0 Å². The van der Waals surface area contributed by atoms with Crippen LogP contribution in [-0.2, 0) is 18.2 Å². The SMILES string of the molecule is Cc1nc2ccccc2n1-c1nc(N2CCOCC2)c2nc(CC3CCN(C(C)(C)C)CC3)n(C)c2n1. The number of aromatic nitrogens is 6. The summed E-state index contributed by atoms with van der Waals surface area (Å²) in [5, 5.41) is 0. The van der Waals surface area contributed by atoms with Gasteiger partial charge in [-0.3, -0.25) is 9.47 Å². The number of ether oxygens (including phenoxy) is 1. The zero-order valence-electron chi connectivity index (χ0n) is 22.7. The van der Waals surface area contributed by atoms with Crippen LogP contribution in [0.4, 0.5) is 5.82 Å². The lowest BCUT2D eigenvalue weighted by molar-refractivity contribution is 0.0870. The van der Waals surface area contributed by atoms with E-state index in [1.54, 1.807) is 0 Å². The average molecular weight is 503 g/mol. The Morgan fingerprint density at radius 3 is 2.41 bits per heavy atom. The largest absolute Gasteiger partial charge is 0.378 e. The highest BCUT2D eigenvalue weighted by atomic mass is 16.5. The Bertz CT molecular complexity index is 1420. The number of morpholine rings is 1. The van der Waals surface area contributed by atoms with Crippen LogP contribution in [0.3, 0.4) is 0 Å². The maximum Gasteiger partial charge on any atom is 0.239 e. The molecule has 1 aromatic carbocycles. The van der Waals surface area contributed by atoms with E-state index in [0.29, 0.717) is 25.1 Å². The lowest BCUT2D eigenvalue weighted by Crippen LogP contribution is -2.46. The zero-order chi connectivity index (χ0) is 25.7. The first-order valence-electron chi connectivity index (χ1n) is 13.5. The van der Waals surface area contributed by atoms with E-state index in [2.05, 4.69) is 52.8 Å². The van der Waals surface area contributed by atoms with E-state index >= 15 is 0 Å². The molecule has 0 spiro atoms. The predicted molar refractivity (Wildman–Crippen MR) is 146 cm³/mol. The Hall–Kier alpha value is -3.04. The van der Waals surface area contributed by atoms with E-state index in [-0.39, 0.29) is 5.54 Å². The number of hydrogen-bond donors (Lipinski definition) is 0. The molecule has 4 aromatic rings. The number of rotatable bonds is 4. The number of hydrogen-bond acceptors (Lipinski definition) is 7. The van der Waals surface area contributed by atoms with Gasteiger partial charge in [-0.1, -0.05) is 12.1 Å². The smallest absolute Gasteiger partial charge is 0.239 e. The van der Waals surface area contributed by atoms with Crippen LogP contribution in [0.25, 0.3) is 28.1 Å². The molecule has 0 unspecified atom stereocenters. The summed E-state index contributed by atoms with van der Waals surface area (Å²) in [6.07, 6.45) is 3.37. The van der Waals surface area contributed by atoms with Gasteiger partial charge in [-0.2, -0.15) is 9.97 Å². The minimum absolute atomic E-state index is 0.234. The summed E-state index contributed by atoms with van der Waals surface area (Å²) in [6, 6.07) is 8.17. The second-order valence-corrected chi connectivity index (χ2v) is 11.5. The molecule has 0 saturated carbocycles. The second kappa shape index (κ2) is 9.36. The highest BCUT2D eigenvalue weighted by Crippen LogP contribution is 2.31. The summed E-state index contributed by atoms with van der Waals surface area (Å²) in [5.41, 5.74) is 3.96. The van der Waals surface area contributed by atoms with Gasteiger partial charge in [0.05, 0.1) is 24.2 Å². The van der Waals surface area contributed by atoms with Crippen molar-refractivity contribution in [3.63, 3.8) is 0 Å². The molecule has 37 heavy (non-hydrogen) atoms. The van der Waals surface area contributed by atoms with Crippen molar-refractivity contribution >= 4 is 28.0 Å². The van der Waals surface area contributed by atoms with Gasteiger partial charge in [0.2, 0.25) is 5.95 Å². The maximum absolute atomic E-state index is 5.64. The number of likely N-dealkylation sites (tertiary alicyclic amines) is 1. The fourth-order valence-corrected chi connectivity index (χ4v) is 5.82. The van der Waals surface area contributed by atoms with Crippen molar-refractivity contribution in [3.8, 4) is 5.95 Å². The molecule has 0 amide bonds. The molecule has 196 valence electrons. The lowest BCUT2D eigenvalue weighted by Gasteiger charge is -2.40. The van der Waals surface area contributed by atoms with Gasteiger partial charge in [0.15, 0.2) is 17.0 Å². The standard InChI is InChI=1S/C28H38N8O/c1-19-29-21-8-6-7-9-22(21)36(19)27-31-25-24(26(32-27)34-14-16-37-17-15-34)30-23(33(25)5)18-20-10-12-35(13-11-20)28(2,3)4/h6-9,20H,10-18H2,1-5H3. The van der Waals surface area contributed by atoms with Crippen LogP contribution in [-0.4, -0.2) is 78.9 Å². The molecule has 2 fully saturated rings. The first kappa shape index (κ1) is 24.3. The van der Waals surface area contributed by atoms with Crippen molar-refractivity contribution < 1.29 is 4.74 Å². The quantitative estimate of drug-likeness (QED) is 0.419. The molecule has 2 saturated heterocycles. The van der Waals surface area contributed by atoms with Crippen molar-refractivity contribution in [1.29, 1.82) is 0 Å². The van der Waals surface area contributed by atoms with Crippen molar-refractivity contribution in [3.05, 3.63) is 35.9 Å². The van der Waals surface area contributed by atoms with Gasteiger partial charge in [0.1, 0.15) is 11.6 Å². The molecular formula is C28H38N8O. The van der Waals surface area contributed by atoms with Crippen molar-refractivity contribution in [2.75, 3.05) is 44.3 Å². The topological polar surface area (TPSA) is 77.1 Å². The molecule has 0 radical (unpaired) electrons. The zero-order valence-corrected chi connectivity index (χ0v) is 22.7. The molecule has 3 aromatic heterocycles. The van der Waals surface area contributed by atoms with E-state index in [1.807, 2.05) is 25.1 Å². The van der Waals surface area contributed by atoms with Crippen LogP contribution in [0.15, 0.2) is 24.3 Å². The van der Waals surface area contributed by atoms with Crippen LogP contribution >= 0.6 is 0 Å². The Labute approximate surface area is 218 Å². The molecule has 0 N–H and O–H groups in total. The van der Waals surface area contributed by atoms with E-state index in [0.717, 1.165) is 72.3 Å². The molecule has 9 heteroatoms. The van der Waals surface area contributed by atoms with E-state index < -0.39 is 0 Å². The summed E-state index contributed by atoms with van der Waals surface area (Å²) in [4.78, 5) is 25.0. The molecule has 2 aliphatic rings. The summed E-state index contributed by atoms with van der Waals surface area (Å²) < 4.78 is 9.90. The van der Waals surface area contributed by atoms with E-state index in [4.69, 9.17) is 24.7 Å². The van der Waals surface area contributed by atoms with Gasteiger partial charge in [-0.15, -0.1) is 0 Å². The number of benzene rings is 1. The number of nitrogens with zero attached hydrogens (tertiary/aromatic N) is 8. The molecule has 0 atom stereocenters. The number of para-hydroxylation sites is 2. The first-order chi connectivity index (χ1) is 17.8. The number of imidazole rings is 2. The molecule has 2 aliphatic heterocycles. The third-order valence-electron chi connectivity index (χ3n) is 8.05. The van der Waals surface area contributed by atoms with E-state index in [1.165, 1.54) is 12.8 Å². The minimum Gasteiger partial charge on any atom is -0.378 e. The van der Waals surface area contributed by atoms with Crippen LogP contribution < -0.4 is 4.90 Å². The molecule has 0 aliphatic carbocycles. The highest BCUT2D eigenvalue weighted by molar-refractivity contribution is 5.86. The second-order valence-electron chi connectivity index (χ2n) is 11.5. The average Bonchev–Trinajstić information content (AvgIpc) is 3.39. The number of fused-ring (bicyclic) bond motifs is 2. The third-order valence-corrected chi connectivity index (χ3v) is 8.05. The van der Waals surface area contributed by atoms with Gasteiger partial charge < -0.3 is 14.2 Å². The van der Waals surface area contributed by atoms with Crippen LogP contribution in [0.5, 0.6) is 0 Å². The number of piperidine rings is 1.